The average molecular weight is 399 g/mol. The molecule has 0 aliphatic rings. The summed E-state index contributed by atoms with van der Waals surface area (Å²) in [4.78, 5) is 23.0. The molecule has 0 saturated heterocycles. The second-order valence-corrected chi connectivity index (χ2v) is 7.89. The van der Waals surface area contributed by atoms with Gasteiger partial charge >= 0.3 is 11.9 Å². The molecule has 0 rings (SSSR count). The first-order valence-electron chi connectivity index (χ1n) is 12.0. The van der Waals surface area contributed by atoms with Crippen molar-refractivity contribution >= 4 is 11.9 Å². The number of carbonyl (C=O) groups is 2. The fraction of sp³-hybridized carbons (Fsp3) is 0.917. The first-order chi connectivity index (χ1) is 13.7. The monoisotopic (exact) mass is 398 g/mol. The largest absolute Gasteiger partial charge is 0.466 e. The fourth-order valence-electron chi connectivity index (χ4n) is 3.15. The van der Waals surface area contributed by atoms with Crippen molar-refractivity contribution in [1.82, 2.24) is 0 Å². The minimum atomic E-state index is -0.0808. The van der Waals surface area contributed by atoms with E-state index < -0.39 is 0 Å². The molecule has 4 heteroatoms. The number of hydrogen-bond donors (Lipinski definition) is 0. The van der Waals surface area contributed by atoms with E-state index in [1.165, 1.54) is 51.4 Å². The van der Waals surface area contributed by atoms with Crippen LogP contribution in [0.15, 0.2) is 0 Å². The van der Waals surface area contributed by atoms with E-state index in [4.69, 9.17) is 9.47 Å². The molecule has 28 heavy (non-hydrogen) atoms. The van der Waals surface area contributed by atoms with Crippen LogP contribution < -0.4 is 0 Å². The first-order valence-corrected chi connectivity index (χ1v) is 12.0. The lowest BCUT2D eigenvalue weighted by Crippen LogP contribution is -2.06. The van der Waals surface area contributed by atoms with Crippen molar-refractivity contribution in [3.63, 3.8) is 0 Å². The van der Waals surface area contributed by atoms with Crippen molar-refractivity contribution < 1.29 is 19.1 Å². The third kappa shape index (κ3) is 21.2. The SMILES string of the molecule is CCCCCCCCCCCCC(=O)OCCCCCCOC(=O)CCCC. The second-order valence-electron chi connectivity index (χ2n) is 7.89. The zero-order valence-corrected chi connectivity index (χ0v) is 18.8. The highest BCUT2D eigenvalue weighted by atomic mass is 16.5. The Morgan fingerprint density at radius 1 is 0.464 bits per heavy atom. The number of hydrogen-bond acceptors (Lipinski definition) is 4. The third-order valence-electron chi connectivity index (χ3n) is 5.03. The highest BCUT2D eigenvalue weighted by Gasteiger charge is 2.03. The van der Waals surface area contributed by atoms with Crippen LogP contribution in [0.25, 0.3) is 0 Å². The maximum absolute atomic E-state index is 11.7. The topological polar surface area (TPSA) is 52.6 Å². The molecule has 0 aromatic carbocycles. The summed E-state index contributed by atoms with van der Waals surface area (Å²) >= 11 is 0. The molecule has 0 aromatic rings. The Morgan fingerprint density at radius 2 is 0.821 bits per heavy atom. The minimum Gasteiger partial charge on any atom is -0.466 e. The Hall–Kier alpha value is -1.06. The third-order valence-corrected chi connectivity index (χ3v) is 5.03. The Balaban J connectivity index is 3.22. The molecule has 166 valence electrons. The van der Waals surface area contributed by atoms with Crippen LogP contribution in [-0.2, 0) is 19.1 Å². The van der Waals surface area contributed by atoms with Crippen LogP contribution >= 0.6 is 0 Å². The van der Waals surface area contributed by atoms with Gasteiger partial charge in [0.05, 0.1) is 13.2 Å². The van der Waals surface area contributed by atoms with Gasteiger partial charge in [0.2, 0.25) is 0 Å². The normalized spacial score (nSPS) is 10.8. The van der Waals surface area contributed by atoms with Crippen molar-refractivity contribution in [2.24, 2.45) is 0 Å². The van der Waals surface area contributed by atoms with Gasteiger partial charge in [-0.15, -0.1) is 0 Å². The Morgan fingerprint density at radius 3 is 1.29 bits per heavy atom. The van der Waals surface area contributed by atoms with Crippen molar-refractivity contribution in [3.8, 4) is 0 Å². The van der Waals surface area contributed by atoms with Gasteiger partial charge in [0.1, 0.15) is 0 Å². The van der Waals surface area contributed by atoms with E-state index in [1.54, 1.807) is 0 Å². The summed E-state index contributed by atoms with van der Waals surface area (Å²) in [7, 11) is 0. The lowest BCUT2D eigenvalue weighted by Gasteiger charge is -2.06. The molecule has 0 heterocycles. The number of ether oxygens (including phenoxy) is 2. The molecule has 0 aromatic heterocycles. The molecule has 0 amide bonds. The molecule has 0 bridgehead atoms. The lowest BCUT2D eigenvalue weighted by atomic mass is 10.1. The van der Waals surface area contributed by atoms with Gasteiger partial charge in [-0.1, -0.05) is 78.1 Å². The van der Waals surface area contributed by atoms with Gasteiger partial charge < -0.3 is 9.47 Å². The standard InChI is InChI=1S/C24H46O4/c1-3-5-7-8-9-10-11-12-13-16-20-24(26)28-22-18-15-14-17-21-27-23(25)19-6-4-2/h3-22H2,1-2H3. The minimum absolute atomic E-state index is 0.0515. The lowest BCUT2D eigenvalue weighted by molar-refractivity contribution is -0.145. The summed E-state index contributed by atoms with van der Waals surface area (Å²) in [6, 6.07) is 0. The zero-order chi connectivity index (χ0) is 20.7. The molecule has 4 nitrogen and oxygen atoms in total. The molecule has 0 fully saturated rings. The highest BCUT2D eigenvalue weighted by molar-refractivity contribution is 5.69. The predicted octanol–water partition coefficient (Wildman–Crippen LogP) is 7.13. The van der Waals surface area contributed by atoms with Gasteiger partial charge in [0.25, 0.3) is 0 Å². The average Bonchev–Trinajstić information content (AvgIpc) is 2.69. The molecule has 0 spiro atoms. The Labute approximate surface area is 174 Å². The van der Waals surface area contributed by atoms with Gasteiger partial charge in [0, 0.05) is 12.8 Å². The van der Waals surface area contributed by atoms with Crippen molar-refractivity contribution in [2.45, 2.75) is 129 Å². The van der Waals surface area contributed by atoms with Crippen LogP contribution in [0.2, 0.25) is 0 Å². The highest BCUT2D eigenvalue weighted by Crippen LogP contribution is 2.11. The quantitative estimate of drug-likeness (QED) is 0.152. The molecule has 0 aliphatic heterocycles. The van der Waals surface area contributed by atoms with E-state index in [0.29, 0.717) is 26.1 Å². The Bertz CT molecular complexity index is 355. The van der Waals surface area contributed by atoms with E-state index in [-0.39, 0.29) is 11.9 Å². The summed E-state index contributed by atoms with van der Waals surface area (Å²) in [5.74, 6) is -0.132. The summed E-state index contributed by atoms with van der Waals surface area (Å²) in [5, 5.41) is 0. The van der Waals surface area contributed by atoms with Crippen molar-refractivity contribution in [2.75, 3.05) is 13.2 Å². The maximum atomic E-state index is 11.7. The van der Waals surface area contributed by atoms with Crippen LogP contribution in [0.1, 0.15) is 129 Å². The fourth-order valence-corrected chi connectivity index (χ4v) is 3.15. The van der Waals surface area contributed by atoms with E-state index in [9.17, 15) is 9.59 Å². The van der Waals surface area contributed by atoms with Crippen LogP contribution in [-0.4, -0.2) is 25.2 Å². The van der Waals surface area contributed by atoms with Gasteiger partial charge in [-0.25, -0.2) is 0 Å². The molecule has 0 aliphatic carbocycles. The van der Waals surface area contributed by atoms with E-state index >= 15 is 0 Å². The van der Waals surface area contributed by atoms with Crippen molar-refractivity contribution in [1.29, 1.82) is 0 Å². The maximum Gasteiger partial charge on any atom is 0.305 e. The number of rotatable bonds is 21. The molecule has 0 unspecified atom stereocenters. The van der Waals surface area contributed by atoms with Crippen LogP contribution in [0.5, 0.6) is 0 Å². The van der Waals surface area contributed by atoms with Crippen LogP contribution in [0, 0.1) is 0 Å². The predicted molar refractivity (Wildman–Crippen MR) is 116 cm³/mol. The molecule has 0 N–H and O–H groups in total. The number of esters is 2. The summed E-state index contributed by atoms with van der Waals surface area (Å²) in [6.45, 7) is 5.35. The summed E-state index contributed by atoms with van der Waals surface area (Å²) in [5.41, 5.74) is 0. The summed E-state index contributed by atoms with van der Waals surface area (Å²) < 4.78 is 10.5. The number of unbranched alkanes of at least 4 members (excludes halogenated alkanes) is 13. The van der Waals surface area contributed by atoms with Gasteiger partial charge in [-0.2, -0.15) is 0 Å². The first kappa shape index (κ1) is 26.9. The van der Waals surface area contributed by atoms with Gasteiger partial charge in [-0.3, -0.25) is 9.59 Å². The van der Waals surface area contributed by atoms with E-state index in [2.05, 4.69) is 13.8 Å². The smallest absolute Gasteiger partial charge is 0.305 e. The Kier molecular flexibility index (Phi) is 21.4. The van der Waals surface area contributed by atoms with Crippen molar-refractivity contribution in [3.05, 3.63) is 0 Å². The van der Waals surface area contributed by atoms with E-state index in [1.807, 2.05) is 0 Å². The second kappa shape index (κ2) is 22.2. The molecular weight excluding hydrogens is 352 g/mol. The molecular formula is C24H46O4. The summed E-state index contributed by atoms with van der Waals surface area (Å²) in [6.07, 6.45) is 19.6. The van der Waals surface area contributed by atoms with Crippen LogP contribution in [0.4, 0.5) is 0 Å². The molecule has 0 saturated carbocycles. The zero-order valence-electron chi connectivity index (χ0n) is 18.8. The van der Waals surface area contributed by atoms with Crippen LogP contribution in [0.3, 0.4) is 0 Å². The van der Waals surface area contributed by atoms with E-state index in [0.717, 1.165) is 51.4 Å². The van der Waals surface area contributed by atoms with Gasteiger partial charge in [-0.05, 0) is 38.5 Å². The molecule has 0 radical (unpaired) electrons. The van der Waals surface area contributed by atoms with Gasteiger partial charge in [0.15, 0.2) is 0 Å². The molecule has 0 atom stereocenters. The number of carbonyl (C=O) groups excluding carboxylic acids is 2.